The average Bonchev–Trinajstić information content (AvgIpc) is 2.48. The Balaban J connectivity index is 1.69. The molecule has 1 amide bonds. The summed E-state index contributed by atoms with van der Waals surface area (Å²) in [5, 5.41) is 6.13. The first kappa shape index (κ1) is 14.8. The summed E-state index contributed by atoms with van der Waals surface area (Å²) in [5.41, 5.74) is 0.720. The quantitative estimate of drug-likeness (QED) is 0.830. The fraction of sp³-hybridized carbons (Fsp3) is 0.533. The summed E-state index contributed by atoms with van der Waals surface area (Å²) in [5.74, 6) is 1.10. The maximum Gasteiger partial charge on any atom is 0.250 e. The third-order valence-electron chi connectivity index (χ3n) is 3.34. The molecule has 1 aliphatic heterocycles. The van der Waals surface area contributed by atoms with E-state index in [1.54, 1.807) is 13.2 Å². The maximum atomic E-state index is 11.8. The van der Waals surface area contributed by atoms with Crippen LogP contribution in [0.2, 0.25) is 0 Å². The van der Waals surface area contributed by atoms with E-state index in [1.807, 2.05) is 18.2 Å². The van der Waals surface area contributed by atoms with Gasteiger partial charge in [0.1, 0.15) is 12.4 Å². The number of rotatable bonds is 6. The summed E-state index contributed by atoms with van der Waals surface area (Å²) < 4.78 is 10.6. The van der Waals surface area contributed by atoms with Crippen LogP contribution >= 0.6 is 0 Å². The molecular weight excluding hydrogens is 256 g/mol. The molecule has 0 spiro atoms. The number of carbonyl (C=O) groups excluding carboxylic acids is 1. The van der Waals surface area contributed by atoms with Crippen LogP contribution in [-0.2, 0) is 9.53 Å². The molecule has 20 heavy (non-hydrogen) atoms. The zero-order valence-corrected chi connectivity index (χ0v) is 11.9. The van der Waals surface area contributed by atoms with E-state index in [9.17, 15) is 4.79 Å². The third kappa shape index (κ3) is 4.83. The number of hydrogen-bond donors (Lipinski definition) is 2. The SMILES string of the molecule is COc1cccc(NC(=O)COCC2CCCNC2)c1. The summed E-state index contributed by atoms with van der Waals surface area (Å²) in [4.78, 5) is 11.8. The number of carbonyl (C=O) groups is 1. The monoisotopic (exact) mass is 278 g/mol. The highest BCUT2D eigenvalue weighted by atomic mass is 16.5. The zero-order chi connectivity index (χ0) is 14.2. The number of methoxy groups -OCH3 is 1. The van der Waals surface area contributed by atoms with Gasteiger partial charge in [0.25, 0.3) is 0 Å². The van der Waals surface area contributed by atoms with Gasteiger partial charge in [-0.2, -0.15) is 0 Å². The Kier molecular flexibility index (Phi) is 5.83. The van der Waals surface area contributed by atoms with Crippen LogP contribution in [0, 0.1) is 5.92 Å². The normalized spacial score (nSPS) is 18.6. The van der Waals surface area contributed by atoms with Gasteiger partial charge in [-0.25, -0.2) is 0 Å². The molecule has 1 fully saturated rings. The van der Waals surface area contributed by atoms with Crippen LogP contribution in [0.1, 0.15) is 12.8 Å². The molecule has 1 saturated heterocycles. The molecule has 0 bridgehead atoms. The smallest absolute Gasteiger partial charge is 0.250 e. The largest absolute Gasteiger partial charge is 0.497 e. The van der Waals surface area contributed by atoms with Gasteiger partial charge in [-0.15, -0.1) is 0 Å². The van der Waals surface area contributed by atoms with Gasteiger partial charge < -0.3 is 20.1 Å². The van der Waals surface area contributed by atoms with Crippen LogP contribution in [0.25, 0.3) is 0 Å². The van der Waals surface area contributed by atoms with Crippen LogP contribution in [0.15, 0.2) is 24.3 Å². The van der Waals surface area contributed by atoms with Gasteiger partial charge in [0.05, 0.1) is 13.7 Å². The molecule has 5 nitrogen and oxygen atoms in total. The molecule has 0 radical (unpaired) electrons. The lowest BCUT2D eigenvalue weighted by atomic mass is 10.0. The third-order valence-corrected chi connectivity index (χ3v) is 3.34. The van der Waals surface area contributed by atoms with Gasteiger partial charge in [-0.3, -0.25) is 4.79 Å². The van der Waals surface area contributed by atoms with Crippen LogP contribution < -0.4 is 15.4 Å². The van der Waals surface area contributed by atoms with Gasteiger partial charge in [0.15, 0.2) is 0 Å². The number of nitrogens with one attached hydrogen (secondary N) is 2. The molecule has 1 heterocycles. The minimum absolute atomic E-state index is 0.0910. The van der Waals surface area contributed by atoms with Gasteiger partial charge in [-0.1, -0.05) is 6.07 Å². The molecule has 1 aliphatic rings. The lowest BCUT2D eigenvalue weighted by molar-refractivity contribution is -0.121. The second-order valence-electron chi connectivity index (χ2n) is 5.01. The molecule has 1 aromatic carbocycles. The maximum absolute atomic E-state index is 11.8. The van der Waals surface area contributed by atoms with Gasteiger partial charge in [-0.05, 0) is 37.4 Å². The van der Waals surface area contributed by atoms with Crippen molar-refractivity contribution in [3.05, 3.63) is 24.3 Å². The topological polar surface area (TPSA) is 59.6 Å². The van der Waals surface area contributed by atoms with Gasteiger partial charge >= 0.3 is 0 Å². The molecule has 2 N–H and O–H groups in total. The van der Waals surface area contributed by atoms with Crippen molar-refractivity contribution in [2.75, 3.05) is 38.7 Å². The molecule has 1 unspecified atom stereocenters. The predicted octanol–water partition coefficient (Wildman–Crippen LogP) is 1.65. The fourth-order valence-corrected chi connectivity index (χ4v) is 2.28. The highest BCUT2D eigenvalue weighted by Gasteiger charge is 2.13. The van der Waals surface area contributed by atoms with Gasteiger partial charge in [0, 0.05) is 18.3 Å². The first-order valence-electron chi connectivity index (χ1n) is 7.00. The van der Waals surface area contributed by atoms with E-state index < -0.39 is 0 Å². The molecule has 0 aromatic heterocycles. The molecule has 5 heteroatoms. The number of anilines is 1. The van der Waals surface area contributed by atoms with Crippen LogP contribution in [0.3, 0.4) is 0 Å². The summed E-state index contributed by atoms with van der Waals surface area (Å²) in [6.45, 7) is 2.80. The Morgan fingerprint density at radius 2 is 2.40 bits per heavy atom. The summed E-state index contributed by atoms with van der Waals surface area (Å²) >= 11 is 0. The lowest BCUT2D eigenvalue weighted by Crippen LogP contribution is -2.33. The van der Waals surface area contributed by atoms with E-state index in [0.29, 0.717) is 12.5 Å². The van der Waals surface area contributed by atoms with Crippen molar-refractivity contribution in [3.63, 3.8) is 0 Å². The number of ether oxygens (including phenoxy) is 2. The van der Waals surface area contributed by atoms with E-state index in [1.165, 1.54) is 12.8 Å². The van der Waals surface area contributed by atoms with Crippen molar-refractivity contribution < 1.29 is 14.3 Å². The van der Waals surface area contributed by atoms with E-state index in [-0.39, 0.29) is 12.5 Å². The predicted molar refractivity (Wildman–Crippen MR) is 78.0 cm³/mol. The second kappa shape index (κ2) is 7.87. The molecule has 1 atom stereocenters. The minimum atomic E-state index is -0.137. The minimum Gasteiger partial charge on any atom is -0.497 e. The molecular formula is C15H22N2O3. The molecule has 2 rings (SSSR count). The van der Waals surface area contributed by atoms with Crippen LogP contribution in [0.5, 0.6) is 5.75 Å². The number of hydrogen-bond acceptors (Lipinski definition) is 4. The standard InChI is InChI=1S/C15H22N2O3/c1-19-14-6-2-5-13(8-14)17-15(18)11-20-10-12-4-3-7-16-9-12/h2,5-6,8,12,16H,3-4,7,9-11H2,1H3,(H,17,18). The Morgan fingerprint density at radius 3 is 3.15 bits per heavy atom. The van der Waals surface area contributed by atoms with Crippen molar-refractivity contribution in [1.29, 1.82) is 0 Å². The molecule has 0 saturated carbocycles. The van der Waals surface area contributed by atoms with E-state index >= 15 is 0 Å². The molecule has 110 valence electrons. The Bertz CT molecular complexity index is 431. The van der Waals surface area contributed by atoms with Crippen molar-refractivity contribution in [3.8, 4) is 5.75 Å². The van der Waals surface area contributed by atoms with Crippen LogP contribution in [0.4, 0.5) is 5.69 Å². The summed E-state index contributed by atoms with van der Waals surface area (Å²) in [6.07, 6.45) is 2.36. The van der Waals surface area contributed by atoms with Crippen molar-refractivity contribution in [2.24, 2.45) is 5.92 Å². The fourth-order valence-electron chi connectivity index (χ4n) is 2.28. The van der Waals surface area contributed by atoms with Crippen LogP contribution in [-0.4, -0.2) is 39.3 Å². The van der Waals surface area contributed by atoms with E-state index in [0.717, 1.165) is 24.5 Å². The lowest BCUT2D eigenvalue weighted by Gasteiger charge is -2.22. The second-order valence-corrected chi connectivity index (χ2v) is 5.01. The van der Waals surface area contributed by atoms with E-state index in [2.05, 4.69) is 10.6 Å². The van der Waals surface area contributed by atoms with E-state index in [4.69, 9.17) is 9.47 Å². The van der Waals surface area contributed by atoms with Crippen molar-refractivity contribution in [2.45, 2.75) is 12.8 Å². The summed E-state index contributed by atoms with van der Waals surface area (Å²) in [7, 11) is 1.60. The highest BCUT2D eigenvalue weighted by molar-refractivity contribution is 5.91. The Labute approximate surface area is 119 Å². The molecule has 0 aliphatic carbocycles. The number of benzene rings is 1. The number of piperidine rings is 1. The first-order chi connectivity index (χ1) is 9.78. The Hall–Kier alpha value is -1.59. The highest BCUT2D eigenvalue weighted by Crippen LogP contribution is 2.16. The molecule has 1 aromatic rings. The zero-order valence-electron chi connectivity index (χ0n) is 11.9. The first-order valence-corrected chi connectivity index (χ1v) is 7.00. The van der Waals surface area contributed by atoms with Crippen molar-refractivity contribution >= 4 is 11.6 Å². The Morgan fingerprint density at radius 1 is 1.50 bits per heavy atom. The number of amides is 1. The average molecular weight is 278 g/mol. The van der Waals surface area contributed by atoms with Crippen molar-refractivity contribution in [1.82, 2.24) is 5.32 Å². The summed E-state index contributed by atoms with van der Waals surface area (Å²) in [6, 6.07) is 7.28. The van der Waals surface area contributed by atoms with Gasteiger partial charge in [0.2, 0.25) is 5.91 Å².